The van der Waals surface area contributed by atoms with Crippen molar-refractivity contribution >= 4 is 52.2 Å². The Balaban J connectivity index is 1.83. The van der Waals surface area contributed by atoms with Gasteiger partial charge in [-0.2, -0.15) is 0 Å². The number of carboxylic acids is 2. The molecule has 1 aromatic carbocycles. The number of benzene rings is 1. The van der Waals surface area contributed by atoms with Crippen molar-refractivity contribution in [3.05, 3.63) is 46.4 Å². The number of hydrogen-bond donors (Lipinski definition) is 2. The SMILES string of the molecule is O=C(O)CC[C@H](C(=O)O)N1C(=O)/C(=C\C2=Cc3ccccc3OC2)SC1=S. The quantitative estimate of drug-likeness (QED) is 0.550. The molecule has 0 unspecified atom stereocenters. The third-order valence-electron chi connectivity index (χ3n) is 4.02. The standard InChI is InChI=1S/C18H15NO6S2/c20-15(21)6-5-12(17(23)24)19-16(22)14(27-18(19)26)8-10-7-11-3-1-2-4-13(11)25-9-10/h1-4,7-8,12H,5-6,9H2,(H,20,21)(H,23,24)/b14-8+/t12-/m1/s1. The fourth-order valence-electron chi connectivity index (χ4n) is 2.76. The number of thiocarbonyl (C=S) groups is 1. The summed E-state index contributed by atoms with van der Waals surface area (Å²) < 4.78 is 5.75. The molecule has 1 fully saturated rings. The molecule has 9 heteroatoms. The number of carbonyl (C=O) groups is 3. The number of nitrogens with zero attached hydrogens (tertiary/aromatic N) is 1. The summed E-state index contributed by atoms with van der Waals surface area (Å²) in [7, 11) is 0. The first-order valence-electron chi connectivity index (χ1n) is 8.01. The van der Waals surface area contributed by atoms with Crippen molar-refractivity contribution in [1.82, 2.24) is 4.90 Å². The lowest BCUT2D eigenvalue weighted by Crippen LogP contribution is -2.44. The van der Waals surface area contributed by atoms with Crippen molar-refractivity contribution in [1.29, 1.82) is 0 Å². The van der Waals surface area contributed by atoms with Gasteiger partial charge in [0, 0.05) is 12.0 Å². The first-order valence-corrected chi connectivity index (χ1v) is 9.23. The molecule has 27 heavy (non-hydrogen) atoms. The van der Waals surface area contributed by atoms with Gasteiger partial charge >= 0.3 is 11.9 Å². The first-order chi connectivity index (χ1) is 12.9. The van der Waals surface area contributed by atoms with Crippen LogP contribution in [-0.2, 0) is 14.4 Å². The number of fused-ring (bicyclic) bond motifs is 1. The highest BCUT2D eigenvalue weighted by Crippen LogP contribution is 2.35. The summed E-state index contributed by atoms with van der Waals surface area (Å²) in [5, 5.41) is 18.2. The van der Waals surface area contributed by atoms with Crippen LogP contribution in [-0.4, -0.2) is 49.9 Å². The third-order valence-corrected chi connectivity index (χ3v) is 5.35. The number of aliphatic carboxylic acids is 2. The summed E-state index contributed by atoms with van der Waals surface area (Å²) in [4.78, 5) is 36.2. The van der Waals surface area contributed by atoms with Gasteiger partial charge in [-0.15, -0.1) is 0 Å². The smallest absolute Gasteiger partial charge is 0.326 e. The normalized spacial score (nSPS) is 18.7. The molecule has 0 radical (unpaired) electrons. The number of rotatable bonds is 6. The summed E-state index contributed by atoms with van der Waals surface area (Å²) in [6.07, 6.45) is 2.93. The minimum atomic E-state index is -1.31. The maximum absolute atomic E-state index is 12.7. The van der Waals surface area contributed by atoms with Crippen LogP contribution in [0.25, 0.3) is 6.08 Å². The molecule has 140 valence electrons. The molecule has 2 heterocycles. The Kier molecular flexibility index (Phi) is 5.62. The van der Waals surface area contributed by atoms with Crippen molar-refractivity contribution in [3.8, 4) is 5.75 Å². The highest BCUT2D eigenvalue weighted by Gasteiger charge is 2.40. The van der Waals surface area contributed by atoms with Crippen molar-refractivity contribution in [2.75, 3.05) is 6.61 Å². The highest BCUT2D eigenvalue weighted by atomic mass is 32.2. The van der Waals surface area contributed by atoms with E-state index in [4.69, 9.17) is 22.1 Å². The molecule has 1 aromatic rings. The van der Waals surface area contributed by atoms with E-state index >= 15 is 0 Å². The molecule has 0 aliphatic carbocycles. The number of para-hydroxylation sites is 1. The number of carbonyl (C=O) groups excluding carboxylic acids is 1. The maximum Gasteiger partial charge on any atom is 0.326 e. The fraction of sp³-hybridized carbons (Fsp3) is 0.222. The monoisotopic (exact) mass is 405 g/mol. The molecule has 0 spiro atoms. The van der Waals surface area contributed by atoms with E-state index in [1.807, 2.05) is 30.3 Å². The first kappa shape index (κ1) is 19.1. The maximum atomic E-state index is 12.7. The van der Waals surface area contributed by atoms with E-state index in [2.05, 4.69) is 0 Å². The largest absolute Gasteiger partial charge is 0.488 e. The van der Waals surface area contributed by atoms with Crippen LogP contribution in [0.5, 0.6) is 5.75 Å². The molecule has 0 bridgehead atoms. The van der Waals surface area contributed by atoms with Gasteiger partial charge in [-0.25, -0.2) is 4.79 Å². The van der Waals surface area contributed by atoms with E-state index in [1.54, 1.807) is 6.08 Å². The molecule has 7 nitrogen and oxygen atoms in total. The second-order valence-electron chi connectivity index (χ2n) is 5.88. The summed E-state index contributed by atoms with van der Waals surface area (Å²) in [5.41, 5.74) is 1.64. The van der Waals surface area contributed by atoms with Gasteiger partial charge < -0.3 is 14.9 Å². The lowest BCUT2D eigenvalue weighted by atomic mass is 10.1. The van der Waals surface area contributed by atoms with Crippen LogP contribution in [0, 0.1) is 0 Å². The van der Waals surface area contributed by atoms with E-state index in [0.717, 1.165) is 33.5 Å². The van der Waals surface area contributed by atoms with E-state index in [9.17, 15) is 19.5 Å². The third kappa shape index (κ3) is 4.20. The summed E-state index contributed by atoms with van der Waals surface area (Å²) in [6.45, 7) is 0.280. The fourth-order valence-corrected chi connectivity index (χ4v) is 4.13. The van der Waals surface area contributed by atoms with Crippen LogP contribution >= 0.6 is 24.0 Å². The number of amides is 1. The Morgan fingerprint density at radius 1 is 1.33 bits per heavy atom. The average molecular weight is 405 g/mol. The Hall–Kier alpha value is -2.65. The predicted octanol–water partition coefficient (Wildman–Crippen LogP) is 2.52. The Morgan fingerprint density at radius 3 is 2.78 bits per heavy atom. The van der Waals surface area contributed by atoms with Crippen LogP contribution in [0.15, 0.2) is 40.8 Å². The topological polar surface area (TPSA) is 104 Å². The van der Waals surface area contributed by atoms with Crippen molar-refractivity contribution in [3.63, 3.8) is 0 Å². The van der Waals surface area contributed by atoms with E-state index < -0.39 is 23.9 Å². The van der Waals surface area contributed by atoms with Crippen molar-refractivity contribution in [2.45, 2.75) is 18.9 Å². The summed E-state index contributed by atoms with van der Waals surface area (Å²) in [6, 6.07) is 6.17. The van der Waals surface area contributed by atoms with E-state index in [1.165, 1.54) is 0 Å². The molecule has 2 aliphatic heterocycles. The van der Waals surface area contributed by atoms with Gasteiger partial charge in [-0.05, 0) is 30.2 Å². The zero-order chi connectivity index (χ0) is 19.6. The second kappa shape index (κ2) is 7.93. The molecule has 1 saturated heterocycles. The Bertz CT molecular complexity index is 892. The zero-order valence-corrected chi connectivity index (χ0v) is 15.6. The van der Waals surface area contributed by atoms with Crippen LogP contribution in [0.3, 0.4) is 0 Å². The van der Waals surface area contributed by atoms with Gasteiger partial charge in [0.05, 0.1) is 4.91 Å². The number of carboxylic acid groups (broad SMARTS) is 2. The molecular formula is C18H15NO6S2. The molecule has 2 aliphatic rings. The molecule has 0 aromatic heterocycles. The zero-order valence-electron chi connectivity index (χ0n) is 14.0. The van der Waals surface area contributed by atoms with Gasteiger partial charge in [-0.1, -0.05) is 42.2 Å². The van der Waals surface area contributed by atoms with E-state index in [-0.39, 0.29) is 28.7 Å². The van der Waals surface area contributed by atoms with Gasteiger partial charge in [0.1, 0.15) is 22.7 Å². The van der Waals surface area contributed by atoms with Crippen molar-refractivity contribution < 1.29 is 29.3 Å². The lowest BCUT2D eigenvalue weighted by Gasteiger charge is -2.22. The summed E-state index contributed by atoms with van der Waals surface area (Å²) >= 11 is 6.16. The van der Waals surface area contributed by atoms with Crippen LogP contribution < -0.4 is 4.74 Å². The molecule has 1 amide bonds. The molecule has 0 saturated carbocycles. The summed E-state index contributed by atoms with van der Waals surface area (Å²) in [5.74, 6) is -2.21. The number of ether oxygens (including phenoxy) is 1. The average Bonchev–Trinajstić information content (AvgIpc) is 2.89. The van der Waals surface area contributed by atoms with Gasteiger partial charge in [0.25, 0.3) is 5.91 Å². The minimum Gasteiger partial charge on any atom is -0.488 e. The second-order valence-corrected chi connectivity index (χ2v) is 7.56. The molecule has 2 N–H and O–H groups in total. The lowest BCUT2D eigenvalue weighted by molar-refractivity contribution is -0.146. The van der Waals surface area contributed by atoms with Crippen LogP contribution in [0.4, 0.5) is 0 Å². The molecular weight excluding hydrogens is 390 g/mol. The van der Waals surface area contributed by atoms with E-state index in [0.29, 0.717) is 0 Å². The highest BCUT2D eigenvalue weighted by molar-refractivity contribution is 8.26. The van der Waals surface area contributed by atoms with Gasteiger partial charge in [0.2, 0.25) is 0 Å². The number of thioether (sulfide) groups is 1. The van der Waals surface area contributed by atoms with Gasteiger partial charge in [0.15, 0.2) is 0 Å². The molecule has 3 rings (SSSR count). The molecule has 1 atom stereocenters. The van der Waals surface area contributed by atoms with Gasteiger partial charge in [-0.3, -0.25) is 14.5 Å². The van der Waals surface area contributed by atoms with Crippen LogP contribution in [0.2, 0.25) is 0 Å². The Labute approximate surface area is 164 Å². The number of hydrogen-bond acceptors (Lipinski definition) is 6. The predicted molar refractivity (Wildman–Crippen MR) is 103 cm³/mol. The minimum absolute atomic E-state index is 0.0989. The van der Waals surface area contributed by atoms with Crippen LogP contribution in [0.1, 0.15) is 18.4 Å². The Morgan fingerprint density at radius 2 is 2.07 bits per heavy atom. The van der Waals surface area contributed by atoms with Crippen molar-refractivity contribution in [2.24, 2.45) is 0 Å².